The molecule has 0 atom stereocenters. The van der Waals surface area contributed by atoms with Crippen LogP contribution in [0.3, 0.4) is 0 Å². The molecule has 26 heteroatoms. The Bertz CT molecular complexity index is 802. The van der Waals surface area contributed by atoms with E-state index in [0.717, 1.165) is 0 Å². The number of rotatable bonds is 11. The van der Waals surface area contributed by atoms with Crippen LogP contribution in [0.4, 0.5) is 105 Å². The summed E-state index contributed by atoms with van der Waals surface area (Å²) >= 11 is 0. The summed E-state index contributed by atoms with van der Waals surface area (Å²) in [6.07, 6.45) is -15.3. The quantitative estimate of drug-likeness (QED) is 0.255. The van der Waals surface area contributed by atoms with Crippen LogP contribution < -0.4 is 0 Å². The molecule has 2 N–H and O–H groups in total. The molecule has 0 radical (unpaired) electrons. The molecule has 230 valence electrons. The predicted octanol–water partition coefficient (Wildman–Crippen LogP) is 6.51. The van der Waals surface area contributed by atoms with Gasteiger partial charge in [-0.2, -0.15) is 105 Å². The van der Waals surface area contributed by atoms with Gasteiger partial charge in [0.05, 0.1) is 0 Å². The molecule has 0 aromatic heterocycles. The first-order valence-electron chi connectivity index (χ1n) is 7.73. The van der Waals surface area contributed by atoms with Gasteiger partial charge in [-0.15, -0.1) is 0 Å². The average molecular weight is 634 g/mol. The monoisotopic (exact) mass is 634 g/mol. The number of aliphatic hydroxyl groups is 2. The van der Waals surface area contributed by atoms with Gasteiger partial charge in [-0.25, -0.2) is 0 Å². The third-order valence-corrected chi connectivity index (χ3v) is 4.30. The molecular weight excluding hydrogens is 632 g/mol. The van der Waals surface area contributed by atoms with E-state index in [0.29, 0.717) is 0 Å². The minimum atomic E-state index is -9.58. The zero-order chi connectivity index (χ0) is 32.0. The summed E-state index contributed by atoms with van der Waals surface area (Å²) in [6, 6.07) is 0. The molecule has 0 bridgehead atoms. The maximum absolute atomic E-state index is 13.4. The summed E-state index contributed by atoms with van der Waals surface area (Å²) in [6.45, 7) is 0. The van der Waals surface area contributed by atoms with Crippen LogP contribution in [0, 0.1) is 0 Å². The Morgan fingerprint density at radius 3 is 0.342 bits per heavy atom. The van der Waals surface area contributed by atoms with Crippen LogP contribution in [0.25, 0.3) is 0 Å². The molecule has 0 aliphatic rings. The standard InChI is InChI=1S/C12H2F24O2/c13-1(14,3(17,18)5(21,22)7(25,26)9(29,30)11(33,34)37)2(15,16)4(19,20)6(23,24)8(27,28)10(31,32)12(35,36)38/h37-38H. The lowest BCUT2D eigenvalue weighted by molar-refractivity contribution is -0.490. The zero-order valence-electron chi connectivity index (χ0n) is 16.0. The van der Waals surface area contributed by atoms with Crippen molar-refractivity contribution in [2.45, 2.75) is 71.4 Å². The van der Waals surface area contributed by atoms with Gasteiger partial charge in [0.25, 0.3) is 0 Å². The fraction of sp³-hybridized carbons (Fsp3) is 1.00. The van der Waals surface area contributed by atoms with Crippen LogP contribution in [0.5, 0.6) is 0 Å². The highest BCUT2D eigenvalue weighted by molar-refractivity contribution is 5.19. The van der Waals surface area contributed by atoms with Crippen LogP contribution in [-0.4, -0.2) is 81.7 Å². The Balaban J connectivity index is 7.29. The molecule has 0 spiro atoms. The van der Waals surface area contributed by atoms with Crippen LogP contribution in [0.1, 0.15) is 0 Å². The van der Waals surface area contributed by atoms with E-state index in [4.69, 9.17) is 10.2 Å². The molecule has 0 aliphatic carbocycles. The molecule has 0 aromatic carbocycles. The maximum atomic E-state index is 13.4. The molecule has 38 heavy (non-hydrogen) atoms. The molecule has 0 fully saturated rings. The highest BCUT2D eigenvalue weighted by Gasteiger charge is 2.99. The lowest BCUT2D eigenvalue weighted by Crippen LogP contribution is -2.78. The average Bonchev–Trinajstić information content (AvgIpc) is 2.64. The van der Waals surface area contributed by atoms with Gasteiger partial charge in [0.2, 0.25) is 0 Å². The van der Waals surface area contributed by atoms with E-state index in [-0.39, 0.29) is 0 Å². The minimum absolute atomic E-state index is 7.41. The Hall–Kier alpha value is -1.76. The Morgan fingerprint density at radius 2 is 0.263 bits per heavy atom. The topological polar surface area (TPSA) is 40.5 Å². The van der Waals surface area contributed by atoms with Gasteiger partial charge in [0.15, 0.2) is 0 Å². The van der Waals surface area contributed by atoms with Gasteiger partial charge in [0, 0.05) is 0 Å². The van der Waals surface area contributed by atoms with Crippen LogP contribution in [0.2, 0.25) is 0 Å². The highest BCUT2D eigenvalue weighted by atomic mass is 19.4. The summed E-state index contributed by atoms with van der Waals surface area (Å²) in [5, 5.41) is 14.8. The number of hydrogen-bond donors (Lipinski definition) is 2. The van der Waals surface area contributed by atoms with Crippen LogP contribution in [-0.2, 0) is 0 Å². The summed E-state index contributed by atoms with van der Waals surface area (Å²) in [7, 11) is 0. The van der Waals surface area contributed by atoms with Gasteiger partial charge < -0.3 is 10.2 Å². The number of hydrogen-bond acceptors (Lipinski definition) is 2. The van der Waals surface area contributed by atoms with E-state index >= 15 is 0 Å². The molecule has 2 nitrogen and oxygen atoms in total. The summed E-state index contributed by atoms with van der Waals surface area (Å²) < 4.78 is 311. The van der Waals surface area contributed by atoms with Crippen molar-refractivity contribution in [1.29, 1.82) is 0 Å². The lowest BCUT2D eigenvalue weighted by atomic mass is 9.85. The van der Waals surface area contributed by atoms with Crippen molar-refractivity contribution in [3.05, 3.63) is 0 Å². The fourth-order valence-corrected chi connectivity index (χ4v) is 1.96. The molecule has 0 heterocycles. The Labute approximate surface area is 188 Å². The molecule has 0 saturated heterocycles. The summed E-state index contributed by atoms with van der Waals surface area (Å²) in [5.41, 5.74) is 0. The van der Waals surface area contributed by atoms with Crippen molar-refractivity contribution in [3.63, 3.8) is 0 Å². The molecule has 0 unspecified atom stereocenters. The van der Waals surface area contributed by atoms with E-state index in [2.05, 4.69) is 0 Å². The summed E-state index contributed by atoms with van der Waals surface area (Å²) in [4.78, 5) is 0. The van der Waals surface area contributed by atoms with Gasteiger partial charge >= 0.3 is 71.4 Å². The molecule has 0 rings (SSSR count). The molecular formula is C12H2F24O2. The zero-order valence-corrected chi connectivity index (χ0v) is 16.0. The van der Waals surface area contributed by atoms with E-state index in [9.17, 15) is 105 Å². The van der Waals surface area contributed by atoms with Gasteiger partial charge in [-0.05, 0) is 0 Å². The van der Waals surface area contributed by atoms with Gasteiger partial charge in [-0.1, -0.05) is 0 Å². The Kier molecular flexibility index (Phi) is 7.99. The van der Waals surface area contributed by atoms with Crippen molar-refractivity contribution < 1.29 is 116 Å². The van der Waals surface area contributed by atoms with E-state index < -0.39 is 71.4 Å². The first-order chi connectivity index (χ1) is 15.8. The molecule has 0 aromatic rings. The van der Waals surface area contributed by atoms with Crippen LogP contribution in [0.15, 0.2) is 0 Å². The second-order valence-corrected chi connectivity index (χ2v) is 6.83. The van der Waals surface area contributed by atoms with E-state index in [1.54, 1.807) is 0 Å². The van der Waals surface area contributed by atoms with Crippen LogP contribution >= 0.6 is 0 Å². The predicted molar refractivity (Wildman–Crippen MR) is 63.8 cm³/mol. The van der Waals surface area contributed by atoms with E-state index in [1.807, 2.05) is 0 Å². The largest absolute Gasteiger partial charge is 0.423 e. The van der Waals surface area contributed by atoms with Gasteiger partial charge in [0.1, 0.15) is 0 Å². The third-order valence-electron chi connectivity index (χ3n) is 4.30. The van der Waals surface area contributed by atoms with Crippen molar-refractivity contribution in [3.8, 4) is 0 Å². The Morgan fingerprint density at radius 1 is 0.184 bits per heavy atom. The third kappa shape index (κ3) is 4.00. The number of alkyl halides is 24. The van der Waals surface area contributed by atoms with Crippen molar-refractivity contribution in [2.24, 2.45) is 0 Å². The lowest BCUT2D eigenvalue weighted by Gasteiger charge is -2.45. The SMILES string of the molecule is OC(F)(F)C(F)(F)C(F)(F)C(F)(F)C(F)(F)C(F)(F)C(F)(F)C(F)(F)C(F)(F)C(F)(F)C(F)(F)C(O)(F)F. The van der Waals surface area contributed by atoms with E-state index in [1.165, 1.54) is 0 Å². The molecule has 0 saturated carbocycles. The minimum Gasteiger partial charge on any atom is -0.331 e. The summed E-state index contributed by atoms with van der Waals surface area (Å²) in [5.74, 6) is -91.5. The fourth-order valence-electron chi connectivity index (χ4n) is 1.96. The normalized spacial score (nSPS) is 17.2. The van der Waals surface area contributed by atoms with Crippen molar-refractivity contribution in [2.75, 3.05) is 0 Å². The second-order valence-electron chi connectivity index (χ2n) is 6.83. The number of halogens is 24. The second kappa shape index (κ2) is 8.37. The van der Waals surface area contributed by atoms with Crippen molar-refractivity contribution in [1.82, 2.24) is 0 Å². The first-order valence-corrected chi connectivity index (χ1v) is 7.73. The smallest absolute Gasteiger partial charge is 0.331 e. The highest BCUT2D eigenvalue weighted by Crippen LogP contribution is 2.67. The molecule has 0 amide bonds. The maximum Gasteiger partial charge on any atom is 0.423 e. The van der Waals surface area contributed by atoms with Gasteiger partial charge in [-0.3, -0.25) is 0 Å². The molecule has 0 aliphatic heterocycles. The first kappa shape index (κ1) is 36.2. The van der Waals surface area contributed by atoms with Crippen molar-refractivity contribution >= 4 is 0 Å².